The number of hydrazone groups is 1. The first-order valence-corrected chi connectivity index (χ1v) is 6.95. The monoisotopic (exact) mass is 340 g/mol. The van der Waals surface area contributed by atoms with Crippen LogP contribution in [0.25, 0.3) is 0 Å². The normalized spacial score (nSPS) is 10.7. The molecule has 1 amide bonds. The van der Waals surface area contributed by atoms with Crippen LogP contribution in [0.5, 0.6) is 5.75 Å². The van der Waals surface area contributed by atoms with E-state index in [1.165, 1.54) is 24.4 Å². The molecule has 1 N–H and O–H groups in total. The third-order valence-corrected chi connectivity index (χ3v) is 3.08. The Morgan fingerprint density at radius 3 is 2.82 bits per heavy atom. The lowest BCUT2D eigenvalue weighted by Gasteiger charge is -2.04. The molecule has 0 radical (unpaired) electrons. The van der Waals surface area contributed by atoms with Gasteiger partial charge in [-0.3, -0.25) is 4.79 Å². The zero-order valence-electron chi connectivity index (χ0n) is 11.2. The van der Waals surface area contributed by atoms with E-state index in [-0.39, 0.29) is 12.4 Å². The highest BCUT2D eigenvalue weighted by molar-refractivity contribution is 6.36. The van der Waals surface area contributed by atoms with Crippen molar-refractivity contribution < 1.29 is 13.9 Å². The molecule has 0 bridgehead atoms. The smallest absolute Gasteiger partial charge is 0.277 e. The quantitative estimate of drug-likeness (QED) is 0.667. The molecule has 7 heteroatoms. The largest absolute Gasteiger partial charge is 0.484 e. The Hall–Kier alpha value is -2.11. The Morgan fingerprint density at radius 2 is 2.09 bits per heavy atom. The van der Waals surface area contributed by atoms with E-state index in [1.54, 1.807) is 24.3 Å². The van der Waals surface area contributed by atoms with E-state index in [0.29, 0.717) is 15.6 Å². The Labute approximate surface area is 136 Å². The standard InChI is InChI=1S/C15H11Cl2FN2O2/c16-11-5-4-10(14(17)6-11)8-19-20-15(21)9-22-13-3-1-2-12(18)7-13/h1-8H,9H2,(H,20,21)/b19-8-. The van der Waals surface area contributed by atoms with Crippen LogP contribution in [0.4, 0.5) is 4.39 Å². The molecule has 0 aliphatic heterocycles. The number of benzene rings is 2. The van der Waals surface area contributed by atoms with Gasteiger partial charge in [-0.25, -0.2) is 9.82 Å². The molecule has 0 atom stereocenters. The minimum absolute atomic E-state index is 0.264. The van der Waals surface area contributed by atoms with E-state index < -0.39 is 11.7 Å². The van der Waals surface area contributed by atoms with Crippen molar-refractivity contribution in [1.29, 1.82) is 0 Å². The predicted molar refractivity (Wildman–Crippen MR) is 84.1 cm³/mol. The van der Waals surface area contributed by atoms with Crippen molar-refractivity contribution in [3.05, 3.63) is 63.9 Å². The number of carbonyl (C=O) groups is 1. The van der Waals surface area contributed by atoms with E-state index in [9.17, 15) is 9.18 Å². The topological polar surface area (TPSA) is 50.7 Å². The maximum Gasteiger partial charge on any atom is 0.277 e. The molecule has 0 saturated heterocycles. The van der Waals surface area contributed by atoms with Gasteiger partial charge in [-0.05, 0) is 24.3 Å². The highest BCUT2D eigenvalue weighted by atomic mass is 35.5. The molecule has 2 rings (SSSR count). The zero-order valence-corrected chi connectivity index (χ0v) is 12.7. The summed E-state index contributed by atoms with van der Waals surface area (Å²) in [5.74, 6) is -0.654. The van der Waals surface area contributed by atoms with Crippen molar-refractivity contribution in [2.45, 2.75) is 0 Å². The molecule has 0 aliphatic rings. The van der Waals surface area contributed by atoms with Gasteiger partial charge in [0, 0.05) is 16.7 Å². The van der Waals surface area contributed by atoms with Crippen LogP contribution in [0.2, 0.25) is 10.0 Å². The van der Waals surface area contributed by atoms with Gasteiger partial charge in [-0.2, -0.15) is 5.10 Å². The van der Waals surface area contributed by atoms with Crippen LogP contribution in [0.15, 0.2) is 47.6 Å². The third kappa shape index (κ3) is 5.02. The lowest BCUT2D eigenvalue weighted by molar-refractivity contribution is -0.123. The molecule has 0 heterocycles. The summed E-state index contributed by atoms with van der Waals surface area (Å²) in [7, 11) is 0. The molecule has 2 aromatic carbocycles. The van der Waals surface area contributed by atoms with Crippen molar-refractivity contribution >= 4 is 35.3 Å². The number of ether oxygens (including phenoxy) is 1. The number of hydrogen-bond acceptors (Lipinski definition) is 3. The van der Waals surface area contributed by atoms with Gasteiger partial charge in [0.1, 0.15) is 11.6 Å². The summed E-state index contributed by atoms with van der Waals surface area (Å²) in [4.78, 5) is 11.5. The van der Waals surface area contributed by atoms with Gasteiger partial charge in [0.15, 0.2) is 6.61 Å². The highest BCUT2D eigenvalue weighted by Gasteiger charge is 2.03. The molecule has 4 nitrogen and oxygen atoms in total. The Kier molecular flexibility index (Phi) is 5.75. The van der Waals surface area contributed by atoms with Gasteiger partial charge in [0.25, 0.3) is 5.91 Å². The number of nitrogens with one attached hydrogen (secondary N) is 1. The minimum Gasteiger partial charge on any atom is -0.484 e. The van der Waals surface area contributed by atoms with Crippen molar-refractivity contribution in [1.82, 2.24) is 5.43 Å². The van der Waals surface area contributed by atoms with Gasteiger partial charge in [0.05, 0.1) is 11.2 Å². The van der Waals surface area contributed by atoms with Gasteiger partial charge in [0.2, 0.25) is 0 Å². The number of hydrogen-bond donors (Lipinski definition) is 1. The van der Waals surface area contributed by atoms with Crippen molar-refractivity contribution in [3.8, 4) is 5.75 Å². The Bertz CT molecular complexity index is 708. The second-order valence-electron chi connectivity index (χ2n) is 4.21. The fourth-order valence-corrected chi connectivity index (χ4v) is 1.98. The maximum atomic E-state index is 12.9. The summed E-state index contributed by atoms with van der Waals surface area (Å²) < 4.78 is 18.0. The van der Waals surface area contributed by atoms with Gasteiger partial charge in [-0.1, -0.05) is 35.3 Å². The lowest BCUT2D eigenvalue weighted by atomic mass is 10.2. The van der Waals surface area contributed by atoms with Gasteiger partial charge in [-0.15, -0.1) is 0 Å². The van der Waals surface area contributed by atoms with E-state index in [2.05, 4.69) is 10.5 Å². The molecule has 0 saturated carbocycles. The minimum atomic E-state index is -0.481. The van der Waals surface area contributed by atoms with Crippen molar-refractivity contribution in [2.24, 2.45) is 5.10 Å². The molecule has 0 aromatic heterocycles. The highest BCUT2D eigenvalue weighted by Crippen LogP contribution is 2.19. The van der Waals surface area contributed by atoms with Crippen LogP contribution in [-0.4, -0.2) is 18.7 Å². The second kappa shape index (κ2) is 7.77. The molecule has 22 heavy (non-hydrogen) atoms. The number of carbonyl (C=O) groups excluding carboxylic acids is 1. The van der Waals surface area contributed by atoms with E-state index >= 15 is 0 Å². The molecule has 114 valence electrons. The summed E-state index contributed by atoms with van der Waals surface area (Å²) >= 11 is 11.7. The molecule has 0 aliphatic carbocycles. The van der Waals surface area contributed by atoms with E-state index in [0.717, 1.165) is 0 Å². The fraction of sp³-hybridized carbons (Fsp3) is 0.0667. The molecular weight excluding hydrogens is 330 g/mol. The number of rotatable bonds is 5. The predicted octanol–water partition coefficient (Wildman–Crippen LogP) is 3.66. The fourth-order valence-electron chi connectivity index (χ4n) is 1.52. The summed E-state index contributed by atoms with van der Waals surface area (Å²) in [5, 5.41) is 4.68. The summed E-state index contributed by atoms with van der Waals surface area (Å²) in [5.41, 5.74) is 2.89. The average molecular weight is 341 g/mol. The molecule has 2 aromatic rings. The number of nitrogens with zero attached hydrogens (tertiary/aromatic N) is 1. The van der Waals surface area contributed by atoms with Crippen LogP contribution < -0.4 is 10.2 Å². The van der Waals surface area contributed by atoms with Crippen LogP contribution in [0, 0.1) is 5.82 Å². The van der Waals surface area contributed by atoms with Crippen LogP contribution in [0.1, 0.15) is 5.56 Å². The zero-order chi connectivity index (χ0) is 15.9. The summed E-state index contributed by atoms with van der Waals surface area (Å²) in [6.07, 6.45) is 1.39. The van der Waals surface area contributed by atoms with Crippen LogP contribution in [-0.2, 0) is 4.79 Å². The third-order valence-electron chi connectivity index (χ3n) is 2.52. The molecule has 0 unspecified atom stereocenters. The molecule has 0 spiro atoms. The SMILES string of the molecule is O=C(COc1cccc(F)c1)N/N=C\c1ccc(Cl)cc1Cl. The van der Waals surface area contributed by atoms with E-state index in [4.69, 9.17) is 27.9 Å². The summed E-state index contributed by atoms with van der Waals surface area (Å²) in [6.45, 7) is -0.283. The van der Waals surface area contributed by atoms with Crippen LogP contribution >= 0.6 is 23.2 Å². The van der Waals surface area contributed by atoms with Crippen molar-refractivity contribution in [2.75, 3.05) is 6.61 Å². The summed E-state index contributed by atoms with van der Waals surface area (Å²) in [6, 6.07) is 10.4. The first-order chi connectivity index (χ1) is 10.5. The van der Waals surface area contributed by atoms with Gasteiger partial charge >= 0.3 is 0 Å². The van der Waals surface area contributed by atoms with Crippen molar-refractivity contribution in [3.63, 3.8) is 0 Å². The van der Waals surface area contributed by atoms with E-state index in [1.807, 2.05) is 0 Å². The first-order valence-electron chi connectivity index (χ1n) is 6.20. The molecular formula is C15H11Cl2FN2O2. The molecule has 0 fully saturated rings. The van der Waals surface area contributed by atoms with Gasteiger partial charge < -0.3 is 4.74 Å². The van der Waals surface area contributed by atoms with Crippen LogP contribution in [0.3, 0.4) is 0 Å². The maximum absolute atomic E-state index is 12.9. The number of halogens is 3. The number of amides is 1. The first kappa shape index (κ1) is 16.3. The Morgan fingerprint density at radius 1 is 1.27 bits per heavy atom. The average Bonchev–Trinajstić information content (AvgIpc) is 2.47. The Balaban J connectivity index is 1.83. The lowest BCUT2D eigenvalue weighted by Crippen LogP contribution is -2.24. The second-order valence-corrected chi connectivity index (χ2v) is 5.05.